The van der Waals surface area contributed by atoms with E-state index in [9.17, 15) is 0 Å². The molecular formula is C11H18N4O. The van der Waals surface area contributed by atoms with Crippen LogP contribution < -0.4 is 10.6 Å². The molecule has 0 saturated heterocycles. The Morgan fingerprint density at radius 2 is 2.31 bits per heavy atom. The number of rotatable bonds is 4. The Labute approximate surface area is 95.6 Å². The first-order chi connectivity index (χ1) is 7.83. The van der Waals surface area contributed by atoms with E-state index in [1.807, 2.05) is 13.1 Å². The lowest BCUT2D eigenvalue weighted by atomic mass is 10.2. The molecule has 0 amide bonds. The van der Waals surface area contributed by atoms with Crippen molar-refractivity contribution in [2.45, 2.75) is 31.4 Å². The van der Waals surface area contributed by atoms with Crippen LogP contribution in [0.1, 0.15) is 19.3 Å². The maximum absolute atomic E-state index is 5.43. The molecule has 1 heterocycles. The van der Waals surface area contributed by atoms with Gasteiger partial charge >= 0.3 is 0 Å². The molecule has 0 bridgehead atoms. The number of methoxy groups -OCH3 is 1. The molecule has 1 aromatic heterocycles. The lowest BCUT2D eigenvalue weighted by Crippen LogP contribution is -2.30. The Morgan fingerprint density at radius 3 is 3.06 bits per heavy atom. The Morgan fingerprint density at radius 1 is 1.44 bits per heavy atom. The summed E-state index contributed by atoms with van der Waals surface area (Å²) in [6.45, 7) is 0. The summed E-state index contributed by atoms with van der Waals surface area (Å²) in [4.78, 5) is 8.41. The molecule has 2 rings (SSSR count). The molecule has 1 aliphatic rings. The number of hydrogen-bond acceptors (Lipinski definition) is 5. The number of ether oxygens (including phenoxy) is 1. The van der Waals surface area contributed by atoms with Crippen LogP contribution in [-0.4, -0.2) is 36.3 Å². The average molecular weight is 222 g/mol. The summed E-state index contributed by atoms with van der Waals surface area (Å²) in [5.74, 6) is 1.49. The maximum Gasteiger partial charge on any atom is 0.224 e. The third kappa shape index (κ3) is 2.41. The van der Waals surface area contributed by atoms with Gasteiger partial charge in [-0.2, -0.15) is 4.98 Å². The summed E-state index contributed by atoms with van der Waals surface area (Å²) in [7, 11) is 3.58. The lowest BCUT2D eigenvalue weighted by molar-refractivity contribution is 0.101. The van der Waals surface area contributed by atoms with E-state index in [4.69, 9.17) is 4.74 Å². The summed E-state index contributed by atoms with van der Waals surface area (Å²) in [6, 6.07) is 2.25. The van der Waals surface area contributed by atoms with Gasteiger partial charge in [-0.05, 0) is 25.3 Å². The minimum atomic E-state index is 0.299. The second-order valence-electron chi connectivity index (χ2n) is 3.97. The molecule has 1 fully saturated rings. The van der Waals surface area contributed by atoms with Crippen molar-refractivity contribution in [3.63, 3.8) is 0 Å². The number of aromatic nitrogens is 2. The van der Waals surface area contributed by atoms with Crippen molar-refractivity contribution >= 4 is 11.8 Å². The van der Waals surface area contributed by atoms with Crippen molar-refractivity contribution in [1.29, 1.82) is 0 Å². The van der Waals surface area contributed by atoms with E-state index in [0.29, 0.717) is 18.1 Å². The van der Waals surface area contributed by atoms with Crippen LogP contribution in [-0.2, 0) is 4.74 Å². The van der Waals surface area contributed by atoms with Crippen LogP contribution in [0.5, 0.6) is 0 Å². The Bertz CT molecular complexity index is 345. The molecule has 88 valence electrons. The summed E-state index contributed by atoms with van der Waals surface area (Å²) < 4.78 is 5.43. The highest BCUT2D eigenvalue weighted by Gasteiger charge is 2.27. The number of anilines is 2. The quantitative estimate of drug-likeness (QED) is 0.808. The van der Waals surface area contributed by atoms with Crippen LogP contribution in [0.2, 0.25) is 0 Å². The van der Waals surface area contributed by atoms with Crippen molar-refractivity contribution in [3.05, 3.63) is 12.3 Å². The predicted octanol–water partition coefficient (Wildman–Crippen LogP) is 1.50. The fourth-order valence-corrected chi connectivity index (χ4v) is 2.12. The molecule has 16 heavy (non-hydrogen) atoms. The molecule has 5 nitrogen and oxygen atoms in total. The van der Waals surface area contributed by atoms with Gasteiger partial charge in [0, 0.05) is 20.4 Å². The van der Waals surface area contributed by atoms with Crippen molar-refractivity contribution in [2.24, 2.45) is 0 Å². The van der Waals surface area contributed by atoms with Crippen molar-refractivity contribution in [3.8, 4) is 0 Å². The van der Waals surface area contributed by atoms with Crippen LogP contribution in [0.15, 0.2) is 12.3 Å². The van der Waals surface area contributed by atoms with Crippen molar-refractivity contribution in [2.75, 3.05) is 24.8 Å². The molecular weight excluding hydrogens is 204 g/mol. The highest BCUT2D eigenvalue weighted by atomic mass is 16.5. The fourth-order valence-electron chi connectivity index (χ4n) is 2.12. The Hall–Kier alpha value is -1.36. The van der Waals surface area contributed by atoms with Gasteiger partial charge in [-0.3, -0.25) is 0 Å². The highest BCUT2D eigenvalue weighted by molar-refractivity contribution is 5.40. The van der Waals surface area contributed by atoms with E-state index in [1.165, 1.54) is 6.42 Å². The largest absolute Gasteiger partial charge is 0.379 e. The molecule has 2 N–H and O–H groups in total. The molecule has 2 atom stereocenters. The van der Waals surface area contributed by atoms with Crippen molar-refractivity contribution in [1.82, 2.24) is 9.97 Å². The van der Waals surface area contributed by atoms with Gasteiger partial charge in [-0.25, -0.2) is 4.98 Å². The monoisotopic (exact) mass is 222 g/mol. The van der Waals surface area contributed by atoms with Gasteiger partial charge in [0.05, 0.1) is 12.1 Å². The smallest absolute Gasteiger partial charge is 0.224 e. The second-order valence-corrected chi connectivity index (χ2v) is 3.97. The number of nitrogens with one attached hydrogen (secondary N) is 2. The molecule has 0 spiro atoms. The molecule has 5 heteroatoms. The molecule has 0 aromatic carbocycles. The van der Waals surface area contributed by atoms with Gasteiger partial charge in [0.25, 0.3) is 0 Å². The Kier molecular flexibility index (Phi) is 3.56. The van der Waals surface area contributed by atoms with E-state index in [1.54, 1.807) is 13.3 Å². The van der Waals surface area contributed by atoms with E-state index < -0.39 is 0 Å². The third-order valence-corrected chi connectivity index (χ3v) is 2.97. The van der Waals surface area contributed by atoms with Crippen LogP contribution in [0.3, 0.4) is 0 Å². The highest BCUT2D eigenvalue weighted by Crippen LogP contribution is 2.24. The van der Waals surface area contributed by atoms with Gasteiger partial charge in [-0.15, -0.1) is 0 Å². The maximum atomic E-state index is 5.43. The van der Waals surface area contributed by atoms with Crippen LogP contribution in [0, 0.1) is 0 Å². The van der Waals surface area contributed by atoms with Gasteiger partial charge in [0.1, 0.15) is 5.82 Å². The molecule has 0 radical (unpaired) electrons. The van der Waals surface area contributed by atoms with E-state index in [-0.39, 0.29) is 0 Å². The zero-order chi connectivity index (χ0) is 11.4. The first kappa shape index (κ1) is 11.1. The van der Waals surface area contributed by atoms with Crippen molar-refractivity contribution < 1.29 is 4.74 Å². The van der Waals surface area contributed by atoms with E-state index in [2.05, 4.69) is 20.6 Å². The van der Waals surface area contributed by atoms with Crippen LogP contribution in [0.4, 0.5) is 11.8 Å². The SMILES string of the molecule is CNc1nccc(NC2CCCC2OC)n1. The van der Waals surface area contributed by atoms with Crippen LogP contribution in [0.25, 0.3) is 0 Å². The predicted molar refractivity (Wildman–Crippen MR) is 63.6 cm³/mol. The second kappa shape index (κ2) is 5.12. The minimum absolute atomic E-state index is 0.299. The molecule has 1 aliphatic carbocycles. The van der Waals surface area contributed by atoms with Gasteiger partial charge < -0.3 is 15.4 Å². The van der Waals surface area contributed by atoms with E-state index in [0.717, 1.165) is 18.7 Å². The third-order valence-electron chi connectivity index (χ3n) is 2.97. The fraction of sp³-hybridized carbons (Fsp3) is 0.636. The summed E-state index contributed by atoms with van der Waals surface area (Å²) in [5.41, 5.74) is 0. The van der Waals surface area contributed by atoms with Gasteiger partial charge in [-0.1, -0.05) is 0 Å². The first-order valence-corrected chi connectivity index (χ1v) is 5.63. The Balaban J connectivity index is 2.02. The van der Waals surface area contributed by atoms with E-state index >= 15 is 0 Å². The lowest BCUT2D eigenvalue weighted by Gasteiger charge is -2.20. The summed E-state index contributed by atoms with van der Waals surface area (Å²) in [6.07, 6.45) is 5.51. The summed E-state index contributed by atoms with van der Waals surface area (Å²) in [5, 5.41) is 6.32. The zero-order valence-corrected chi connectivity index (χ0v) is 9.73. The summed E-state index contributed by atoms with van der Waals surface area (Å²) >= 11 is 0. The topological polar surface area (TPSA) is 59.1 Å². The number of nitrogens with zero attached hydrogens (tertiary/aromatic N) is 2. The normalized spacial score (nSPS) is 24.4. The van der Waals surface area contributed by atoms with Gasteiger partial charge in [0.15, 0.2) is 0 Å². The molecule has 1 saturated carbocycles. The zero-order valence-electron chi connectivity index (χ0n) is 9.73. The van der Waals surface area contributed by atoms with Crippen LogP contribution >= 0.6 is 0 Å². The van der Waals surface area contributed by atoms with Gasteiger partial charge in [0.2, 0.25) is 5.95 Å². The minimum Gasteiger partial charge on any atom is -0.379 e. The molecule has 2 unspecified atom stereocenters. The number of hydrogen-bond donors (Lipinski definition) is 2. The average Bonchev–Trinajstić information content (AvgIpc) is 2.76. The molecule has 1 aromatic rings. The first-order valence-electron chi connectivity index (χ1n) is 5.63. The standard InChI is InChI=1S/C11H18N4O/c1-12-11-13-7-6-10(15-11)14-8-4-3-5-9(8)16-2/h6-9H,3-5H2,1-2H3,(H2,12,13,14,15). The molecule has 0 aliphatic heterocycles.